The third kappa shape index (κ3) is 4.22. The first-order valence-corrected chi connectivity index (χ1v) is 8.74. The molecule has 9 heteroatoms. The predicted octanol–water partition coefficient (Wildman–Crippen LogP) is 4.56. The lowest BCUT2D eigenvalue weighted by atomic mass is 10.3. The highest BCUT2D eigenvalue weighted by atomic mass is 35.5. The van der Waals surface area contributed by atoms with Crippen LogP contribution in [0, 0.1) is 0 Å². The molecule has 7 nitrogen and oxygen atoms in total. The number of nitrogens with one attached hydrogen (secondary N) is 3. The van der Waals surface area contributed by atoms with Gasteiger partial charge in [0, 0.05) is 17.6 Å². The number of aromatic nitrogens is 1. The van der Waals surface area contributed by atoms with Crippen LogP contribution >= 0.6 is 22.9 Å². The normalized spacial score (nSPS) is 10.4. The predicted molar refractivity (Wildman–Crippen MR) is 105 cm³/mol. The van der Waals surface area contributed by atoms with Gasteiger partial charge in [-0.25, -0.2) is 9.78 Å². The zero-order valence-electron chi connectivity index (χ0n) is 13.9. The fourth-order valence-electron chi connectivity index (χ4n) is 2.27. The first kappa shape index (κ1) is 18.0. The second-order valence-electron chi connectivity index (χ2n) is 5.31. The first-order valence-electron chi connectivity index (χ1n) is 7.54. The number of amides is 3. The molecule has 0 fully saturated rings. The summed E-state index contributed by atoms with van der Waals surface area (Å²) in [4.78, 5) is 27.7. The molecule has 2 aromatic carbocycles. The van der Waals surface area contributed by atoms with E-state index in [1.165, 1.54) is 25.4 Å². The van der Waals surface area contributed by atoms with Crippen LogP contribution < -0.4 is 20.7 Å². The van der Waals surface area contributed by atoms with Crippen LogP contribution in [0.15, 0.2) is 36.4 Å². The molecule has 0 saturated heterocycles. The van der Waals surface area contributed by atoms with Crippen molar-refractivity contribution in [2.75, 3.05) is 23.1 Å². The van der Waals surface area contributed by atoms with Crippen LogP contribution in [-0.2, 0) is 4.79 Å². The van der Waals surface area contributed by atoms with E-state index in [2.05, 4.69) is 20.9 Å². The summed E-state index contributed by atoms with van der Waals surface area (Å²) < 4.78 is 6.04. The highest BCUT2D eigenvalue weighted by molar-refractivity contribution is 7.22. The van der Waals surface area contributed by atoms with Crippen molar-refractivity contribution in [3.8, 4) is 5.75 Å². The molecule has 0 unspecified atom stereocenters. The van der Waals surface area contributed by atoms with E-state index in [4.69, 9.17) is 16.3 Å². The zero-order valence-corrected chi connectivity index (χ0v) is 15.5. The lowest BCUT2D eigenvalue weighted by Crippen LogP contribution is -2.19. The number of fused-ring (bicyclic) bond motifs is 1. The number of carbonyl (C=O) groups is 2. The topological polar surface area (TPSA) is 92.3 Å². The third-order valence-electron chi connectivity index (χ3n) is 3.34. The molecule has 0 aliphatic carbocycles. The van der Waals surface area contributed by atoms with Gasteiger partial charge in [0.15, 0.2) is 5.13 Å². The standard InChI is InChI=1S/C17H15ClN4O3S/c1-9(23)19-17-22-12-5-4-11(8-15(12)26-17)20-16(24)21-13-7-10(18)3-6-14(13)25-2/h3-8H,1-2H3,(H,19,22,23)(H2,20,21,24). The van der Waals surface area contributed by atoms with Gasteiger partial charge in [-0.05, 0) is 36.4 Å². The van der Waals surface area contributed by atoms with Crippen molar-refractivity contribution in [3.05, 3.63) is 41.4 Å². The number of methoxy groups -OCH3 is 1. The fourth-order valence-corrected chi connectivity index (χ4v) is 3.39. The number of rotatable bonds is 4. The van der Waals surface area contributed by atoms with Gasteiger partial charge in [0.05, 0.1) is 23.0 Å². The van der Waals surface area contributed by atoms with Gasteiger partial charge >= 0.3 is 6.03 Å². The van der Waals surface area contributed by atoms with E-state index in [9.17, 15) is 9.59 Å². The Bertz CT molecular complexity index is 989. The summed E-state index contributed by atoms with van der Waals surface area (Å²) in [5.41, 5.74) is 1.79. The molecule has 26 heavy (non-hydrogen) atoms. The summed E-state index contributed by atoms with van der Waals surface area (Å²) in [6, 6.07) is 9.80. The maximum Gasteiger partial charge on any atom is 0.323 e. The van der Waals surface area contributed by atoms with Gasteiger partial charge < -0.3 is 20.7 Å². The average Bonchev–Trinajstić information content (AvgIpc) is 2.95. The number of urea groups is 1. The van der Waals surface area contributed by atoms with Gasteiger partial charge in [-0.3, -0.25) is 4.79 Å². The van der Waals surface area contributed by atoms with E-state index in [0.29, 0.717) is 27.3 Å². The van der Waals surface area contributed by atoms with Gasteiger partial charge in [-0.1, -0.05) is 22.9 Å². The Balaban J connectivity index is 1.75. The smallest absolute Gasteiger partial charge is 0.323 e. The van der Waals surface area contributed by atoms with Gasteiger partial charge in [0.25, 0.3) is 0 Å². The number of benzene rings is 2. The van der Waals surface area contributed by atoms with Crippen LogP contribution in [0.1, 0.15) is 6.92 Å². The number of anilines is 3. The molecule has 134 valence electrons. The Kier molecular flexibility index (Phi) is 5.24. The minimum Gasteiger partial charge on any atom is -0.495 e. The third-order valence-corrected chi connectivity index (χ3v) is 4.51. The fraction of sp³-hybridized carbons (Fsp3) is 0.118. The number of hydrogen-bond acceptors (Lipinski definition) is 5. The van der Waals surface area contributed by atoms with Crippen molar-refractivity contribution in [3.63, 3.8) is 0 Å². The maximum absolute atomic E-state index is 12.3. The average molecular weight is 391 g/mol. The van der Waals surface area contributed by atoms with Crippen molar-refractivity contribution in [2.45, 2.75) is 6.92 Å². The number of carbonyl (C=O) groups excluding carboxylic acids is 2. The van der Waals surface area contributed by atoms with Gasteiger partial charge in [0.1, 0.15) is 5.75 Å². The molecule has 1 aromatic heterocycles. The number of thiazole rings is 1. The minimum absolute atomic E-state index is 0.183. The Labute approximate surface area is 158 Å². The van der Waals surface area contributed by atoms with E-state index in [1.54, 1.807) is 36.4 Å². The lowest BCUT2D eigenvalue weighted by Gasteiger charge is -2.11. The van der Waals surface area contributed by atoms with Gasteiger partial charge in [0.2, 0.25) is 5.91 Å². The molecular weight excluding hydrogens is 376 g/mol. The van der Waals surface area contributed by atoms with Crippen LogP contribution in [-0.4, -0.2) is 24.0 Å². The Hall–Kier alpha value is -2.84. The van der Waals surface area contributed by atoms with Crippen LogP contribution in [0.2, 0.25) is 5.02 Å². The summed E-state index contributed by atoms with van der Waals surface area (Å²) in [7, 11) is 1.51. The molecule has 0 aliphatic rings. The zero-order chi connectivity index (χ0) is 18.7. The van der Waals surface area contributed by atoms with Crippen molar-refractivity contribution in [2.24, 2.45) is 0 Å². The molecule has 0 spiro atoms. The van der Waals surface area contributed by atoms with Crippen LogP contribution in [0.25, 0.3) is 10.2 Å². The SMILES string of the molecule is COc1ccc(Cl)cc1NC(=O)Nc1ccc2nc(NC(C)=O)sc2c1. The van der Waals surface area contributed by atoms with Gasteiger partial charge in [-0.15, -0.1) is 0 Å². The van der Waals surface area contributed by atoms with E-state index in [0.717, 1.165) is 10.2 Å². The molecule has 3 amide bonds. The number of ether oxygens (including phenoxy) is 1. The van der Waals surface area contributed by atoms with Crippen LogP contribution in [0.4, 0.5) is 21.3 Å². The largest absolute Gasteiger partial charge is 0.495 e. The molecule has 0 bridgehead atoms. The molecule has 1 heterocycles. The summed E-state index contributed by atoms with van der Waals surface area (Å²) in [6.45, 7) is 1.42. The quantitative estimate of drug-likeness (QED) is 0.608. The summed E-state index contributed by atoms with van der Waals surface area (Å²) >= 11 is 7.28. The Morgan fingerprint density at radius 1 is 1.12 bits per heavy atom. The maximum atomic E-state index is 12.3. The number of nitrogens with zero attached hydrogens (tertiary/aromatic N) is 1. The molecule has 3 rings (SSSR count). The Morgan fingerprint density at radius 3 is 2.65 bits per heavy atom. The van der Waals surface area contributed by atoms with Crippen molar-refractivity contribution in [1.29, 1.82) is 0 Å². The summed E-state index contributed by atoms with van der Waals surface area (Å²) in [6.07, 6.45) is 0. The molecule has 0 atom stereocenters. The van der Waals surface area contributed by atoms with E-state index < -0.39 is 6.03 Å². The van der Waals surface area contributed by atoms with Crippen molar-refractivity contribution < 1.29 is 14.3 Å². The van der Waals surface area contributed by atoms with Crippen LogP contribution in [0.5, 0.6) is 5.75 Å². The van der Waals surface area contributed by atoms with E-state index >= 15 is 0 Å². The van der Waals surface area contributed by atoms with E-state index in [-0.39, 0.29) is 5.91 Å². The second kappa shape index (κ2) is 7.59. The number of hydrogen-bond donors (Lipinski definition) is 3. The first-order chi connectivity index (χ1) is 12.4. The lowest BCUT2D eigenvalue weighted by molar-refractivity contribution is -0.114. The number of halogens is 1. The molecule has 3 aromatic rings. The molecule has 0 saturated carbocycles. The van der Waals surface area contributed by atoms with E-state index in [1.807, 2.05) is 0 Å². The molecule has 0 aliphatic heterocycles. The van der Waals surface area contributed by atoms with Gasteiger partial charge in [-0.2, -0.15) is 0 Å². The summed E-state index contributed by atoms with van der Waals surface area (Å²) in [5.74, 6) is 0.319. The summed E-state index contributed by atoms with van der Waals surface area (Å²) in [5, 5.41) is 9.09. The van der Waals surface area contributed by atoms with Crippen molar-refractivity contribution in [1.82, 2.24) is 4.98 Å². The highest BCUT2D eigenvalue weighted by Gasteiger charge is 2.10. The molecule has 0 radical (unpaired) electrons. The highest BCUT2D eigenvalue weighted by Crippen LogP contribution is 2.30. The second-order valence-corrected chi connectivity index (χ2v) is 6.77. The van der Waals surface area contributed by atoms with Crippen LogP contribution in [0.3, 0.4) is 0 Å². The minimum atomic E-state index is -0.434. The molecule has 3 N–H and O–H groups in total. The Morgan fingerprint density at radius 2 is 1.92 bits per heavy atom. The van der Waals surface area contributed by atoms with Crippen molar-refractivity contribution >= 4 is 61.6 Å². The molecular formula is C17H15ClN4O3S. The monoisotopic (exact) mass is 390 g/mol.